The Balaban J connectivity index is 0.00000225. The van der Waals surface area contributed by atoms with E-state index in [2.05, 4.69) is 17.6 Å². The fourth-order valence-corrected chi connectivity index (χ4v) is 4.27. The molecule has 7 heteroatoms. The number of hydrogen-bond donors (Lipinski definition) is 2. The molecule has 0 aromatic heterocycles. The van der Waals surface area contributed by atoms with Gasteiger partial charge >= 0.3 is 0 Å². The van der Waals surface area contributed by atoms with Gasteiger partial charge in [-0.25, -0.2) is 0 Å². The fourth-order valence-electron chi connectivity index (χ4n) is 3.33. The number of hydrogen-bond acceptors (Lipinski definition) is 4. The second-order valence-corrected chi connectivity index (χ2v) is 7.47. The minimum atomic E-state index is 0. The average molecular weight is 384 g/mol. The first-order valence-corrected chi connectivity index (χ1v) is 9.76. The van der Waals surface area contributed by atoms with Crippen LogP contribution in [-0.4, -0.2) is 48.1 Å². The number of carbonyl (C=O) groups is 2. The molecule has 3 rings (SSSR count). The number of piperidine rings is 1. The minimum Gasteiger partial charge on any atom is -0.336 e. The van der Waals surface area contributed by atoms with Crippen LogP contribution in [-0.2, 0) is 4.79 Å². The Morgan fingerprint density at radius 3 is 2.80 bits per heavy atom. The van der Waals surface area contributed by atoms with Crippen LogP contribution in [0.15, 0.2) is 23.1 Å². The molecule has 0 unspecified atom stereocenters. The van der Waals surface area contributed by atoms with Crippen molar-refractivity contribution in [1.29, 1.82) is 0 Å². The van der Waals surface area contributed by atoms with Crippen molar-refractivity contribution in [2.75, 3.05) is 30.7 Å². The first kappa shape index (κ1) is 20.1. The quantitative estimate of drug-likeness (QED) is 0.838. The number of carbonyl (C=O) groups excluding carboxylic acids is 2. The second kappa shape index (κ2) is 9.46. The molecule has 25 heavy (non-hydrogen) atoms. The maximum absolute atomic E-state index is 13.1. The molecule has 2 aliphatic rings. The van der Waals surface area contributed by atoms with Crippen molar-refractivity contribution in [3.8, 4) is 0 Å². The van der Waals surface area contributed by atoms with Gasteiger partial charge in [-0.05, 0) is 50.6 Å². The highest BCUT2D eigenvalue weighted by atomic mass is 35.5. The lowest BCUT2D eigenvalue weighted by Crippen LogP contribution is -2.46. The molecule has 1 aromatic rings. The molecule has 0 saturated carbocycles. The summed E-state index contributed by atoms with van der Waals surface area (Å²) in [5.74, 6) is 0.882. The molecule has 1 fully saturated rings. The van der Waals surface area contributed by atoms with E-state index in [1.165, 1.54) is 0 Å². The van der Waals surface area contributed by atoms with Gasteiger partial charge < -0.3 is 15.5 Å². The number of nitrogens with one attached hydrogen (secondary N) is 2. The Morgan fingerprint density at radius 2 is 2.08 bits per heavy atom. The minimum absolute atomic E-state index is 0. The van der Waals surface area contributed by atoms with Gasteiger partial charge in [0.2, 0.25) is 5.91 Å². The Labute approximate surface area is 159 Å². The highest BCUT2D eigenvalue weighted by Crippen LogP contribution is 2.32. The van der Waals surface area contributed by atoms with Crippen LogP contribution in [0.4, 0.5) is 5.69 Å². The summed E-state index contributed by atoms with van der Waals surface area (Å²) in [7, 11) is 0. The van der Waals surface area contributed by atoms with Gasteiger partial charge in [0.25, 0.3) is 5.91 Å². The molecule has 0 radical (unpaired) electrons. The molecule has 1 saturated heterocycles. The van der Waals surface area contributed by atoms with Crippen molar-refractivity contribution >= 4 is 41.7 Å². The monoisotopic (exact) mass is 383 g/mol. The first-order valence-electron chi connectivity index (χ1n) is 8.77. The van der Waals surface area contributed by atoms with Gasteiger partial charge in [0.15, 0.2) is 0 Å². The van der Waals surface area contributed by atoms with E-state index in [0.29, 0.717) is 18.0 Å². The highest BCUT2D eigenvalue weighted by Gasteiger charge is 2.26. The number of thioether (sulfide) groups is 1. The Kier molecular flexibility index (Phi) is 7.59. The molecular formula is C18H26ClN3O2S. The largest absolute Gasteiger partial charge is 0.336 e. The second-order valence-electron chi connectivity index (χ2n) is 6.34. The smallest absolute Gasteiger partial charge is 0.254 e. The lowest BCUT2D eigenvalue weighted by molar-refractivity contribution is -0.115. The lowest BCUT2D eigenvalue weighted by atomic mass is 10.0. The van der Waals surface area contributed by atoms with Crippen molar-refractivity contribution in [1.82, 2.24) is 10.2 Å². The third kappa shape index (κ3) is 4.90. The van der Waals surface area contributed by atoms with E-state index >= 15 is 0 Å². The van der Waals surface area contributed by atoms with Crippen molar-refractivity contribution in [2.45, 2.75) is 43.5 Å². The van der Waals surface area contributed by atoms with Gasteiger partial charge in [-0.15, -0.1) is 24.2 Å². The van der Waals surface area contributed by atoms with Gasteiger partial charge in [0.05, 0.1) is 5.69 Å². The molecular weight excluding hydrogens is 358 g/mol. The summed E-state index contributed by atoms with van der Waals surface area (Å²) in [6.07, 6.45) is 3.47. The zero-order chi connectivity index (χ0) is 16.9. The summed E-state index contributed by atoms with van der Waals surface area (Å²) in [4.78, 5) is 27.9. The van der Waals surface area contributed by atoms with E-state index in [1.54, 1.807) is 11.8 Å². The molecule has 1 aromatic carbocycles. The summed E-state index contributed by atoms with van der Waals surface area (Å²) in [5, 5.41) is 6.28. The molecule has 0 spiro atoms. The molecule has 2 heterocycles. The van der Waals surface area contributed by atoms with Crippen LogP contribution in [0.25, 0.3) is 0 Å². The maximum Gasteiger partial charge on any atom is 0.254 e. The first-order chi connectivity index (χ1) is 11.7. The lowest BCUT2D eigenvalue weighted by Gasteiger charge is -2.34. The van der Waals surface area contributed by atoms with Gasteiger partial charge in [0.1, 0.15) is 0 Å². The van der Waals surface area contributed by atoms with E-state index in [0.717, 1.165) is 55.2 Å². The van der Waals surface area contributed by atoms with Crippen LogP contribution in [0, 0.1) is 0 Å². The topological polar surface area (TPSA) is 61.4 Å². The zero-order valence-electron chi connectivity index (χ0n) is 14.5. The number of anilines is 1. The number of benzene rings is 1. The maximum atomic E-state index is 13.1. The molecule has 0 atom stereocenters. The molecule has 5 nitrogen and oxygen atoms in total. The van der Waals surface area contributed by atoms with Crippen LogP contribution >= 0.6 is 24.2 Å². The van der Waals surface area contributed by atoms with Crippen molar-refractivity contribution in [3.05, 3.63) is 23.8 Å². The summed E-state index contributed by atoms with van der Waals surface area (Å²) >= 11 is 1.66. The van der Waals surface area contributed by atoms with E-state index in [4.69, 9.17) is 0 Å². The third-order valence-electron chi connectivity index (χ3n) is 4.56. The van der Waals surface area contributed by atoms with Gasteiger partial charge in [-0.1, -0.05) is 6.92 Å². The SMILES string of the molecule is CCCN(C(=O)c1ccc2c(c1)NC(=O)CCS2)C1CCNCC1.Cl. The summed E-state index contributed by atoms with van der Waals surface area (Å²) < 4.78 is 0. The van der Waals surface area contributed by atoms with Crippen LogP contribution < -0.4 is 10.6 Å². The Hall–Kier alpha value is -1.24. The van der Waals surface area contributed by atoms with E-state index in [9.17, 15) is 9.59 Å². The van der Waals surface area contributed by atoms with Gasteiger partial charge in [-0.2, -0.15) is 0 Å². The number of rotatable bonds is 4. The Bertz CT molecular complexity index is 620. The molecule has 2 N–H and O–H groups in total. The van der Waals surface area contributed by atoms with Crippen molar-refractivity contribution < 1.29 is 9.59 Å². The molecule has 0 aliphatic carbocycles. The van der Waals surface area contributed by atoms with Crippen molar-refractivity contribution in [3.63, 3.8) is 0 Å². The number of halogens is 1. The standard InChI is InChI=1S/C18H25N3O2S.ClH/c1-2-10-21(14-5-8-19-9-6-14)18(23)13-3-4-16-15(12-13)20-17(22)7-11-24-16;/h3-4,12,14,19H,2,5-11H2,1H3,(H,20,22);1H. The van der Waals surface area contributed by atoms with Crippen LogP contribution in [0.2, 0.25) is 0 Å². The average Bonchev–Trinajstić information content (AvgIpc) is 2.79. The van der Waals surface area contributed by atoms with E-state index in [-0.39, 0.29) is 24.2 Å². The number of amides is 2. The predicted molar refractivity (Wildman–Crippen MR) is 105 cm³/mol. The zero-order valence-corrected chi connectivity index (χ0v) is 16.2. The van der Waals surface area contributed by atoms with Crippen LogP contribution in [0.3, 0.4) is 0 Å². The van der Waals surface area contributed by atoms with E-state index < -0.39 is 0 Å². The molecule has 2 amide bonds. The molecule has 0 bridgehead atoms. The Morgan fingerprint density at radius 1 is 1.32 bits per heavy atom. The normalized spacial score (nSPS) is 17.7. The fraction of sp³-hybridized carbons (Fsp3) is 0.556. The van der Waals surface area contributed by atoms with Crippen molar-refractivity contribution in [2.24, 2.45) is 0 Å². The van der Waals surface area contributed by atoms with E-state index in [1.807, 2.05) is 23.1 Å². The van der Waals surface area contributed by atoms with Gasteiger partial charge in [0, 0.05) is 35.2 Å². The van der Waals surface area contributed by atoms with Gasteiger partial charge in [-0.3, -0.25) is 9.59 Å². The highest BCUT2D eigenvalue weighted by molar-refractivity contribution is 7.99. The molecule has 138 valence electrons. The van der Waals surface area contributed by atoms with Crippen LogP contribution in [0.5, 0.6) is 0 Å². The predicted octanol–water partition coefficient (Wildman–Crippen LogP) is 3.15. The third-order valence-corrected chi connectivity index (χ3v) is 5.64. The number of fused-ring (bicyclic) bond motifs is 1. The summed E-state index contributed by atoms with van der Waals surface area (Å²) in [6, 6.07) is 6.01. The summed E-state index contributed by atoms with van der Waals surface area (Å²) in [6.45, 7) is 4.82. The van der Waals surface area contributed by atoms with Crippen LogP contribution in [0.1, 0.15) is 43.0 Å². The number of nitrogens with zero attached hydrogens (tertiary/aromatic N) is 1. The molecule has 2 aliphatic heterocycles. The summed E-state index contributed by atoms with van der Waals surface area (Å²) in [5.41, 5.74) is 1.44.